The van der Waals surface area contributed by atoms with Gasteiger partial charge in [-0.15, -0.1) is 0 Å². The topological polar surface area (TPSA) is 195 Å². The van der Waals surface area contributed by atoms with Gasteiger partial charge in [0.15, 0.2) is 0 Å². The second-order valence-electron chi connectivity index (χ2n) is 10.5. The first-order chi connectivity index (χ1) is 19.0. The van der Waals surface area contributed by atoms with Crippen LogP contribution in [0.5, 0.6) is 0 Å². The number of nitrogens with two attached hydrogens (primary N) is 1. The van der Waals surface area contributed by atoms with Crippen molar-refractivity contribution in [3.8, 4) is 0 Å². The van der Waals surface area contributed by atoms with Crippen LogP contribution in [-0.4, -0.2) is 67.9 Å². The summed E-state index contributed by atoms with van der Waals surface area (Å²) in [5.74, 6) is -3.50. The summed E-state index contributed by atoms with van der Waals surface area (Å²) >= 11 is 0. The number of hydrogen-bond acceptors (Lipinski definition) is 6. The summed E-state index contributed by atoms with van der Waals surface area (Å²) in [5, 5.41) is 18.6. The van der Waals surface area contributed by atoms with Crippen LogP contribution in [0.4, 0.5) is 0 Å². The number of amides is 3. The molecule has 5 atom stereocenters. The molecular weight excluding hydrogens is 514 g/mol. The summed E-state index contributed by atoms with van der Waals surface area (Å²) in [6.07, 6.45) is 5.57. The molecule has 0 aliphatic carbocycles. The van der Waals surface area contributed by atoms with Crippen LogP contribution in [0, 0.1) is 11.8 Å². The molecule has 0 spiro atoms. The van der Waals surface area contributed by atoms with Gasteiger partial charge in [-0.3, -0.25) is 14.4 Å². The smallest absolute Gasteiger partial charge is 0.326 e. The van der Waals surface area contributed by atoms with Crippen LogP contribution in [0.3, 0.4) is 0 Å². The van der Waals surface area contributed by atoms with Gasteiger partial charge in [0.1, 0.15) is 18.1 Å². The molecule has 216 valence electrons. The number of imidazole rings is 1. The first-order valence-electron chi connectivity index (χ1n) is 13.4. The normalized spacial score (nSPS) is 15.2. The maximum absolute atomic E-state index is 13.4. The van der Waals surface area contributed by atoms with Gasteiger partial charge >= 0.3 is 5.97 Å². The zero-order chi connectivity index (χ0) is 29.4. The van der Waals surface area contributed by atoms with E-state index in [9.17, 15) is 24.3 Å². The predicted octanol–water partition coefficient (Wildman–Crippen LogP) is 1.24. The molecule has 0 saturated heterocycles. The summed E-state index contributed by atoms with van der Waals surface area (Å²) in [6, 6.07) is 3.61. The summed E-state index contributed by atoms with van der Waals surface area (Å²) in [5.41, 5.74) is 8.62. The molecule has 0 saturated carbocycles. The van der Waals surface area contributed by atoms with Crippen molar-refractivity contribution in [3.05, 3.63) is 54.2 Å². The summed E-state index contributed by atoms with van der Waals surface area (Å²) in [4.78, 5) is 61.2. The minimum atomic E-state index is -1.22. The van der Waals surface area contributed by atoms with E-state index in [0.717, 1.165) is 16.5 Å². The van der Waals surface area contributed by atoms with E-state index in [4.69, 9.17) is 5.73 Å². The molecule has 3 aromatic rings. The number of carbonyl (C=O) groups excluding carboxylic acids is 3. The van der Waals surface area contributed by atoms with Crippen molar-refractivity contribution in [1.82, 2.24) is 30.9 Å². The first-order valence-corrected chi connectivity index (χ1v) is 13.4. The average Bonchev–Trinajstić information content (AvgIpc) is 3.59. The van der Waals surface area contributed by atoms with Gasteiger partial charge in [0.25, 0.3) is 0 Å². The van der Waals surface area contributed by atoms with Gasteiger partial charge in [-0.1, -0.05) is 52.3 Å². The van der Waals surface area contributed by atoms with Crippen LogP contribution in [0.15, 0.2) is 43.0 Å². The highest BCUT2D eigenvalue weighted by Crippen LogP contribution is 2.19. The molecule has 5 unspecified atom stereocenters. The minimum absolute atomic E-state index is 0.000294. The zero-order valence-corrected chi connectivity index (χ0v) is 23.2. The lowest BCUT2D eigenvalue weighted by molar-refractivity contribution is -0.142. The number of rotatable bonds is 14. The van der Waals surface area contributed by atoms with E-state index in [2.05, 4.69) is 30.9 Å². The number of aromatic nitrogens is 3. The standard InChI is InChI=1S/C28H39N7O5/c1-5-16(4)24(35-25(36)20(29)10-17-12-31-21-9-7-6-8-19(17)21)27(38)34-23(15(2)3)26(37)33-22(28(39)40)11-18-13-30-14-32-18/h6-9,12-16,20,22-24,31H,5,10-11,29H2,1-4H3,(H,30,32)(H,33,37)(H,34,38)(H,35,36)(H,39,40). The number of aromatic amines is 2. The highest BCUT2D eigenvalue weighted by molar-refractivity contribution is 5.94. The number of hydrogen-bond donors (Lipinski definition) is 7. The number of H-pyrrole nitrogens is 2. The number of nitrogens with one attached hydrogen (secondary N) is 5. The highest BCUT2D eigenvalue weighted by Gasteiger charge is 2.34. The molecular formula is C28H39N7O5. The van der Waals surface area contributed by atoms with E-state index >= 15 is 0 Å². The Kier molecular flexibility index (Phi) is 10.4. The molecule has 8 N–H and O–H groups in total. The van der Waals surface area contributed by atoms with Crippen molar-refractivity contribution in [2.24, 2.45) is 17.6 Å². The van der Waals surface area contributed by atoms with Crippen LogP contribution in [0.2, 0.25) is 0 Å². The third kappa shape index (κ3) is 7.69. The van der Waals surface area contributed by atoms with Gasteiger partial charge < -0.3 is 36.8 Å². The Hall–Kier alpha value is -4.19. The number of carboxylic acids is 1. The van der Waals surface area contributed by atoms with Crippen LogP contribution in [-0.2, 0) is 32.0 Å². The third-order valence-electron chi connectivity index (χ3n) is 7.09. The van der Waals surface area contributed by atoms with Crippen molar-refractivity contribution in [1.29, 1.82) is 0 Å². The van der Waals surface area contributed by atoms with Crippen molar-refractivity contribution >= 4 is 34.6 Å². The number of carbonyl (C=O) groups is 4. The van der Waals surface area contributed by atoms with E-state index < -0.39 is 47.9 Å². The number of fused-ring (bicyclic) bond motifs is 1. The van der Waals surface area contributed by atoms with Crippen LogP contribution >= 0.6 is 0 Å². The van der Waals surface area contributed by atoms with Gasteiger partial charge in [-0.2, -0.15) is 0 Å². The van der Waals surface area contributed by atoms with E-state index in [-0.39, 0.29) is 24.7 Å². The molecule has 0 radical (unpaired) electrons. The Morgan fingerprint density at radius 2 is 1.62 bits per heavy atom. The fourth-order valence-electron chi connectivity index (χ4n) is 4.45. The van der Waals surface area contributed by atoms with Crippen molar-refractivity contribution in [2.75, 3.05) is 0 Å². The lowest BCUT2D eigenvalue weighted by Crippen LogP contribution is -2.60. The SMILES string of the molecule is CCC(C)C(NC(=O)C(N)Cc1c[nH]c2ccccc12)C(=O)NC(C(=O)NC(Cc1cnc[nH]1)C(=O)O)C(C)C. The molecule has 12 heteroatoms. The molecule has 2 heterocycles. The summed E-state index contributed by atoms with van der Waals surface area (Å²) in [6.45, 7) is 7.19. The Labute approximate surface area is 232 Å². The fourth-order valence-corrected chi connectivity index (χ4v) is 4.45. The maximum Gasteiger partial charge on any atom is 0.326 e. The largest absolute Gasteiger partial charge is 0.480 e. The molecule has 1 aromatic carbocycles. The van der Waals surface area contributed by atoms with Gasteiger partial charge in [0.2, 0.25) is 17.7 Å². The second-order valence-corrected chi connectivity index (χ2v) is 10.5. The third-order valence-corrected chi connectivity index (χ3v) is 7.09. The quantitative estimate of drug-likeness (QED) is 0.156. The maximum atomic E-state index is 13.4. The van der Waals surface area contributed by atoms with E-state index in [1.54, 1.807) is 13.8 Å². The Morgan fingerprint density at radius 1 is 0.950 bits per heavy atom. The van der Waals surface area contributed by atoms with Crippen LogP contribution < -0.4 is 21.7 Å². The Bertz CT molecular complexity index is 1300. The average molecular weight is 554 g/mol. The molecule has 0 bridgehead atoms. The number of carboxylic acid groups (broad SMARTS) is 1. The molecule has 0 fully saturated rings. The number of aliphatic carboxylic acids is 1. The zero-order valence-electron chi connectivity index (χ0n) is 23.2. The van der Waals surface area contributed by atoms with E-state index in [1.807, 2.05) is 44.3 Å². The van der Waals surface area contributed by atoms with E-state index in [1.165, 1.54) is 12.5 Å². The first kappa shape index (κ1) is 30.4. The van der Waals surface area contributed by atoms with Gasteiger partial charge in [0.05, 0.1) is 12.4 Å². The van der Waals surface area contributed by atoms with Crippen molar-refractivity contribution < 1.29 is 24.3 Å². The van der Waals surface area contributed by atoms with Gasteiger partial charge in [-0.05, 0) is 29.9 Å². The number of nitrogens with zero attached hydrogens (tertiary/aromatic N) is 1. The van der Waals surface area contributed by atoms with Crippen LogP contribution in [0.1, 0.15) is 45.4 Å². The molecule has 2 aromatic heterocycles. The fraction of sp³-hybridized carbons (Fsp3) is 0.464. The molecule has 3 amide bonds. The summed E-state index contributed by atoms with van der Waals surface area (Å²) < 4.78 is 0. The lowest BCUT2D eigenvalue weighted by atomic mass is 9.95. The second kappa shape index (κ2) is 13.7. The van der Waals surface area contributed by atoms with Crippen molar-refractivity contribution in [2.45, 2.75) is 71.1 Å². The molecule has 12 nitrogen and oxygen atoms in total. The predicted molar refractivity (Wildman–Crippen MR) is 150 cm³/mol. The van der Waals surface area contributed by atoms with Crippen LogP contribution in [0.25, 0.3) is 10.9 Å². The van der Waals surface area contributed by atoms with Gasteiger partial charge in [-0.25, -0.2) is 9.78 Å². The summed E-state index contributed by atoms with van der Waals surface area (Å²) in [7, 11) is 0. The monoisotopic (exact) mass is 553 g/mol. The Balaban J connectivity index is 1.68. The highest BCUT2D eigenvalue weighted by atomic mass is 16.4. The molecule has 0 aliphatic heterocycles. The number of benzene rings is 1. The number of para-hydroxylation sites is 1. The molecule has 40 heavy (non-hydrogen) atoms. The molecule has 3 rings (SSSR count). The van der Waals surface area contributed by atoms with E-state index in [0.29, 0.717) is 12.1 Å². The van der Waals surface area contributed by atoms with Gasteiger partial charge in [0, 0.05) is 35.4 Å². The Morgan fingerprint density at radius 3 is 2.25 bits per heavy atom. The molecule has 0 aliphatic rings. The lowest BCUT2D eigenvalue weighted by Gasteiger charge is -2.29. The minimum Gasteiger partial charge on any atom is -0.480 e. The van der Waals surface area contributed by atoms with Crippen molar-refractivity contribution in [3.63, 3.8) is 0 Å².